The highest BCUT2D eigenvalue weighted by molar-refractivity contribution is 6.62. The fraction of sp³-hybridized carbons (Fsp3) is 0.714. The summed E-state index contributed by atoms with van der Waals surface area (Å²) in [7, 11) is 1.85. The van der Waals surface area contributed by atoms with Gasteiger partial charge in [-0.25, -0.2) is 0 Å². The lowest BCUT2D eigenvalue weighted by Gasteiger charge is -2.32. The second-order valence-corrected chi connectivity index (χ2v) is 8.91. The minimum atomic E-state index is -0.344. The van der Waals surface area contributed by atoms with Crippen LogP contribution in [-0.2, 0) is 9.31 Å². The first-order valence-electron chi connectivity index (χ1n) is 10.2. The first-order chi connectivity index (χ1) is 12.7. The molecule has 2 saturated heterocycles. The van der Waals surface area contributed by atoms with Crippen LogP contribution in [0.2, 0.25) is 0 Å². The van der Waals surface area contributed by atoms with E-state index in [9.17, 15) is 0 Å². The Kier molecular flexibility index (Phi) is 6.21. The molecule has 2 heterocycles. The number of likely N-dealkylation sites (N-methyl/N-ethyl adjacent to an activating group) is 1. The Morgan fingerprint density at radius 3 is 2.30 bits per heavy atom. The third-order valence-corrected chi connectivity index (χ3v) is 6.31. The molecule has 0 radical (unpaired) electrons. The van der Waals surface area contributed by atoms with Gasteiger partial charge in [0.2, 0.25) is 0 Å². The minimum Gasteiger partial charge on any atom is -0.493 e. The predicted octanol–water partition coefficient (Wildman–Crippen LogP) is 2.31. The van der Waals surface area contributed by atoms with Gasteiger partial charge in [0, 0.05) is 32.7 Å². The molecule has 27 heavy (non-hydrogen) atoms. The molecule has 0 aromatic heterocycles. The topological polar surface area (TPSA) is 34.2 Å². The molecule has 0 atom stereocenters. The van der Waals surface area contributed by atoms with Crippen molar-refractivity contribution in [3.8, 4) is 5.75 Å². The van der Waals surface area contributed by atoms with Gasteiger partial charge >= 0.3 is 7.12 Å². The molecule has 0 spiro atoms. The molecule has 6 heteroatoms. The van der Waals surface area contributed by atoms with Crippen molar-refractivity contribution in [2.75, 3.05) is 46.4 Å². The van der Waals surface area contributed by atoms with Crippen LogP contribution in [0.3, 0.4) is 0 Å². The van der Waals surface area contributed by atoms with Crippen LogP contribution < -0.4 is 10.2 Å². The van der Waals surface area contributed by atoms with Crippen LogP contribution in [0, 0.1) is 6.92 Å². The zero-order valence-electron chi connectivity index (χ0n) is 17.9. The van der Waals surface area contributed by atoms with E-state index in [1.54, 1.807) is 0 Å². The van der Waals surface area contributed by atoms with Crippen molar-refractivity contribution < 1.29 is 14.0 Å². The van der Waals surface area contributed by atoms with E-state index in [-0.39, 0.29) is 18.3 Å². The quantitative estimate of drug-likeness (QED) is 0.564. The molecule has 0 unspecified atom stereocenters. The minimum absolute atomic E-state index is 0.330. The van der Waals surface area contributed by atoms with Crippen LogP contribution in [0.4, 0.5) is 0 Å². The molecule has 5 nitrogen and oxygen atoms in total. The molecule has 0 amide bonds. The first kappa shape index (κ1) is 20.7. The largest absolute Gasteiger partial charge is 0.495 e. The molecule has 0 aliphatic carbocycles. The normalized spacial score (nSPS) is 23.0. The summed E-state index contributed by atoms with van der Waals surface area (Å²) in [6.45, 7) is 16.9. The number of ether oxygens (including phenoxy) is 1. The van der Waals surface area contributed by atoms with Crippen molar-refractivity contribution >= 4 is 12.6 Å². The highest BCUT2D eigenvalue weighted by Crippen LogP contribution is 2.37. The van der Waals surface area contributed by atoms with Gasteiger partial charge in [0.1, 0.15) is 5.75 Å². The Balaban J connectivity index is 1.54. The summed E-state index contributed by atoms with van der Waals surface area (Å²) in [5.41, 5.74) is 1.51. The van der Waals surface area contributed by atoms with E-state index in [2.05, 4.69) is 57.5 Å². The van der Waals surface area contributed by atoms with Crippen LogP contribution in [0.1, 0.15) is 39.7 Å². The number of hydrogen-bond donors (Lipinski definition) is 0. The Bertz CT molecular complexity index is 626. The number of benzene rings is 1. The molecule has 1 aromatic rings. The van der Waals surface area contributed by atoms with Gasteiger partial charge in [-0.05, 0) is 65.2 Å². The summed E-state index contributed by atoms with van der Waals surface area (Å²) < 4.78 is 18.5. The number of piperazine rings is 1. The lowest BCUT2D eigenvalue weighted by molar-refractivity contribution is 0.00578. The van der Waals surface area contributed by atoms with E-state index in [4.69, 9.17) is 14.0 Å². The summed E-state index contributed by atoms with van der Waals surface area (Å²) >= 11 is 0. The molecular formula is C21H35BN2O3. The zero-order valence-corrected chi connectivity index (χ0v) is 17.9. The Morgan fingerprint density at radius 2 is 1.67 bits per heavy atom. The molecular weight excluding hydrogens is 339 g/mol. The van der Waals surface area contributed by atoms with Crippen LogP contribution >= 0.6 is 0 Å². The number of rotatable bonds is 6. The SMILES string of the molecule is Cc1c(OCCCN2CCN(C)CC2)cccc1B1OC(C)(C)C(C)(C)O1. The van der Waals surface area contributed by atoms with E-state index in [1.807, 2.05) is 12.1 Å². The standard InChI is InChI=1S/C21H35BN2O3/c1-17-18(22-26-20(2,3)21(4,5)27-22)9-7-10-19(17)25-16-8-11-24-14-12-23(6)13-15-24/h7,9-10H,8,11-16H2,1-6H3. The van der Waals surface area contributed by atoms with Gasteiger partial charge in [-0.2, -0.15) is 0 Å². The third-order valence-electron chi connectivity index (χ3n) is 6.31. The van der Waals surface area contributed by atoms with Crippen molar-refractivity contribution in [1.29, 1.82) is 0 Å². The molecule has 0 saturated carbocycles. The Morgan fingerprint density at radius 1 is 1.04 bits per heavy atom. The molecule has 1 aromatic carbocycles. The maximum atomic E-state index is 6.21. The maximum absolute atomic E-state index is 6.21. The van der Waals surface area contributed by atoms with Gasteiger partial charge in [0.25, 0.3) is 0 Å². The second-order valence-electron chi connectivity index (χ2n) is 8.91. The summed E-state index contributed by atoms with van der Waals surface area (Å²) in [5, 5.41) is 0. The van der Waals surface area contributed by atoms with E-state index in [1.165, 1.54) is 0 Å². The fourth-order valence-corrected chi connectivity index (χ4v) is 3.55. The van der Waals surface area contributed by atoms with Crippen molar-refractivity contribution in [1.82, 2.24) is 9.80 Å². The fourth-order valence-electron chi connectivity index (χ4n) is 3.55. The summed E-state index contributed by atoms with van der Waals surface area (Å²) in [6, 6.07) is 6.15. The van der Waals surface area contributed by atoms with Crippen LogP contribution in [0.25, 0.3) is 0 Å². The van der Waals surface area contributed by atoms with E-state index >= 15 is 0 Å². The monoisotopic (exact) mass is 374 g/mol. The van der Waals surface area contributed by atoms with E-state index in [0.717, 1.165) is 62.5 Å². The molecule has 2 aliphatic rings. The van der Waals surface area contributed by atoms with Gasteiger partial charge in [-0.3, -0.25) is 0 Å². The van der Waals surface area contributed by atoms with Gasteiger partial charge < -0.3 is 23.8 Å². The van der Waals surface area contributed by atoms with Gasteiger partial charge in [-0.15, -0.1) is 0 Å². The van der Waals surface area contributed by atoms with E-state index < -0.39 is 0 Å². The van der Waals surface area contributed by atoms with Crippen LogP contribution in [-0.4, -0.2) is 74.5 Å². The Labute approximate surface area is 165 Å². The van der Waals surface area contributed by atoms with Gasteiger partial charge in [-0.1, -0.05) is 12.1 Å². The number of nitrogens with zero attached hydrogens (tertiary/aromatic N) is 2. The second kappa shape index (κ2) is 8.12. The number of hydrogen-bond acceptors (Lipinski definition) is 5. The summed E-state index contributed by atoms with van der Waals surface area (Å²) in [6.07, 6.45) is 1.05. The summed E-state index contributed by atoms with van der Waals surface area (Å²) in [4.78, 5) is 4.91. The van der Waals surface area contributed by atoms with Gasteiger partial charge in [0.05, 0.1) is 17.8 Å². The predicted molar refractivity (Wildman–Crippen MR) is 111 cm³/mol. The van der Waals surface area contributed by atoms with Gasteiger partial charge in [0.15, 0.2) is 0 Å². The van der Waals surface area contributed by atoms with Crippen molar-refractivity contribution in [3.05, 3.63) is 23.8 Å². The third kappa shape index (κ3) is 4.68. The lowest BCUT2D eigenvalue weighted by Crippen LogP contribution is -2.44. The van der Waals surface area contributed by atoms with Crippen molar-refractivity contribution in [2.45, 2.75) is 52.2 Å². The van der Waals surface area contributed by atoms with Crippen LogP contribution in [0.15, 0.2) is 18.2 Å². The molecule has 2 aliphatic heterocycles. The molecule has 3 rings (SSSR count). The van der Waals surface area contributed by atoms with Crippen LogP contribution in [0.5, 0.6) is 5.75 Å². The highest BCUT2D eigenvalue weighted by Gasteiger charge is 2.52. The van der Waals surface area contributed by atoms with Crippen molar-refractivity contribution in [2.24, 2.45) is 0 Å². The average Bonchev–Trinajstić information content (AvgIpc) is 2.82. The summed E-state index contributed by atoms with van der Waals surface area (Å²) in [5.74, 6) is 0.931. The average molecular weight is 374 g/mol. The molecule has 0 bridgehead atoms. The molecule has 2 fully saturated rings. The molecule has 0 N–H and O–H groups in total. The Hall–Kier alpha value is -1.08. The molecule has 150 valence electrons. The van der Waals surface area contributed by atoms with E-state index in [0.29, 0.717) is 0 Å². The maximum Gasteiger partial charge on any atom is 0.495 e. The lowest BCUT2D eigenvalue weighted by atomic mass is 9.76. The smallest absolute Gasteiger partial charge is 0.493 e. The van der Waals surface area contributed by atoms with Crippen molar-refractivity contribution in [3.63, 3.8) is 0 Å². The first-order valence-corrected chi connectivity index (χ1v) is 10.2. The highest BCUT2D eigenvalue weighted by atomic mass is 16.7. The zero-order chi connectivity index (χ0) is 19.7.